The molecule has 1 aromatic carbocycles. The van der Waals surface area contributed by atoms with Gasteiger partial charge >= 0.3 is 0 Å². The molecular formula is C17H14ClN3O2. The van der Waals surface area contributed by atoms with Crippen molar-refractivity contribution in [2.75, 3.05) is 5.32 Å². The van der Waals surface area contributed by atoms with Gasteiger partial charge in [0.15, 0.2) is 0 Å². The van der Waals surface area contributed by atoms with Crippen molar-refractivity contribution in [2.45, 2.75) is 25.7 Å². The zero-order valence-electron chi connectivity index (χ0n) is 12.5. The molecule has 0 aliphatic heterocycles. The van der Waals surface area contributed by atoms with Gasteiger partial charge in [-0.05, 0) is 38.0 Å². The fraction of sp³-hybridized carbons (Fsp3) is 0.235. The monoisotopic (exact) mass is 327 g/mol. The number of nitrogens with zero attached hydrogens (tertiary/aromatic N) is 2. The lowest BCUT2D eigenvalue weighted by Gasteiger charge is -2.09. The lowest BCUT2D eigenvalue weighted by Crippen LogP contribution is -2.13. The highest BCUT2D eigenvalue weighted by Crippen LogP contribution is 2.40. The molecule has 0 bridgehead atoms. The zero-order valence-corrected chi connectivity index (χ0v) is 13.2. The Balaban J connectivity index is 1.79. The molecule has 1 N–H and O–H groups in total. The number of anilines is 1. The highest BCUT2D eigenvalue weighted by atomic mass is 35.5. The molecule has 5 nitrogen and oxygen atoms in total. The third-order valence-corrected chi connectivity index (χ3v) is 4.33. The summed E-state index contributed by atoms with van der Waals surface area (Å²) < 4.78 is 5.26. The first-order valence-corrected chi connectivity index (χ1v) is 7.84. The van der Waals surface area contributed by atoms with E-state index in [0.29, 0.717) is 39.0 Å². The van der Waals surface area contributed by atoms with Gasteiger partial charge in [0.05, 0.1) is 27.4 Å². The molecule has 23 heavy (non-hydrogen) atoms. The zero-order chi connectivity index (χ0) is 16.0. The Hall–Kier alpha value is -2.40. The van der Waals surface area contributed by atoms with E-state index in [1.807, 2.05) is 18.2 Å². The molecule has 1 fully saturated rings. The molecule has 1 amide bonds. The Morgan fingerprint density at radius 1 is 1.35 bits per heavy atom. The number of para-hydroxylation sites is 1. The predicted molar refractivity (Wildman–Crippen MR) is 87.9 cm³/mol. The minimum atomic E-state index is -0.237. The van der Waals surface area contributed by atoms with E-state index in [2.05, 4.69) is 15.5 Å². The van der Waals surface area contributed by atoms with Crippen molar-refractivity contribution in [1.82, 2.24) is 10.1 Å². The highest BCUT2D eigenvalue weighted by Gasteiger charge is 2.28. The molecule has 1 aliphatic rings. The molecule has 0 radical (unpaired) electrons. The molecule has 0 saturated heterocycles. The molecule has 2 aromatic heterocycles. The summed E-state index contributed by atoms with van der Waals surface area (Å²) in [6, 6.07) is 8.98. The second-order valence-corrected chi connectivity index (χ2v) is 6.16. The van der Waals surface area contributed by atoms with Crippen LogP contribution in [0.15, 0.2) is 34.9 Å². The molecule has 4 rings (SSSR count). The van der Waals surface area contributed by atoms with Gasteiger partial charge in [0.25, 0.3) is 11.6 Å². The topological polar surface area (TPSA) is 68.0 Å². The van der Waals surface area contributed by atoms with Gasteiger partial charge in [0, 0.05) is 11.6 Å². The number of benzene rings is 1. The van der Waals surface area contributed by atoms with Crippen LogP contribution in [0.1, 0.15) is 40.5 Å². The number of carbonyl (C=O) groups excluding carboxylic acids is 1. The van der Waals surface area contributed by atoms with E-state index in [0.717, 1.165) is 18.5 Å². The molecular weight excluding hydrogens is 314 g/mol. The predicted octanol–water partition coefficient (Wildman–Crippen LogP) is 4.31. The van der Waals surface area contributed by atoms with Crippen molar-refractivity contribution in [3.8, 4) is 0 Å². The standard InChI is InChI=1S/C17H14ClN3O2/c1-9-15-11(16(22)19-13-5-3-2-4-12(13)18)8-14(10-6-7-10)20-17(15)23-21-9/h2-5,8,10H,6-7H2,1H3,(H,19,22). The normalized spacial score (nSPS) is 14.2. The summed E-state index contributed by atoms with van der Waals surface area (Å²) in [5.74, 6) is 0.176. The van der Waals surface area contributed by atoms with E-state index in [1.54, 1.807) is 19.1 Å². The van der Waals surface area contributed by atoms with Gasteiger partial charge in [-0.3, -0.25) is 4.79 Å². The molecule has 2 heterocycles. The quantitative estimate of drug-likeness (QED) is 0.778. The first-order valence-electron chi connectivity index (χ1n) is 7.46. The summed E-state index contributed by atoms with van der Waals surface area (Å²) in [6.45, 7) is 1.80. The number of aryl methyl sites for hydroxylation is 1. The van der Waals surface area contributed by atoms with Crippen molar-refractivity contribution >= 4 is 34.3 Å². The third-order valence-electron chi connectivity index (χ3n) is 4.00. The maximum Gasteiger partial charge on any atom is 0.259 e. The largest absolute Gasteiger partial charge is 0.336 e. The van der Waals surface area contributed by atoms with E-state index in [9.17, 15) is 4.79 Å². The van der Waals surface area contributed by atoms with E-state index < -0.39 is 0 Å². The molecule has 0 spiro atoms. The molecule has 1 aliphatic carbocycles. The summed E-state index contributed by atoms with van der Waals surface area (Å²) in [5.41, 5.74) is 3.05. The van der Waals surface area contributed by atoms with Crippen molar-refractivity contribution in [2.24, 2.45) is 0 Å². The third kappa shape index (κ3) is 2.57. The maximum absolute atomic E-state index is 12.8. The van der Waals surface area contributed by atoms with Crippen LogP contribution in [0.2, 0.25) is 5.02 Å². The number of rotatable bonds is 3. The van der Waals surface area contributed by atoms with Gasteiger partial charge in [-0.15, -0.1) is 0 Å². The van der Waals surface area contributed by atoms with Crippen LogP contribution in [0.25, 0.3) is 11.1 Å². The van der Waals surface area contributed by atoms with Gasteiger partial charge in [-0.2, -0.15) is 0 Å². The fourth-order valence-corrected chi connectivity index (χ4v) is 2.82. The average molecular weight is 328 g/mol. The number of pyridine rings is 1. The van der Waals surface area contributed by atoms with Crippen molar-refractivity contribution in [3.63, 3.8) is 0 Å². The van der Waals surface area contributed by atoms with Crippen LogP contribution in [0, 0.1) is 6.92 Å². The smallest absolute Gasteiger partial charge is 0.259 e. The van der Waals surface area contributed by atoms with Gasteiger partial charge < -0.3 is 9.84 Å². The Labute approximate surface area is 137 Å². The van der Waals surface area contributed by atoms with Gasteiger partial charge in [0.1, 0.15) is 0 Å². The number of hydrogen-bond donors (Lipinski definition) is 1. The first-order chi connectivity index (χ1) is 11.1. The Kier molecular flexibility index (Phi) is 3.31. The molecule has 6 heteroatoms. The number of aromatic nitrogens is 2. The van der Waals surface area contributed by atoms with E-state index in [4.69, 9.17) is 16.1 Å². The van der Waals surface area contributed by atoms with E-state index in [-0.39, 0.29) is 5.91 Å². The van der Waals surface area contributed by atoms with E-state index >= 15 is 0 Å². The van der Waals surface area contributed by atoms with E-state index in [1.165, 1.54) is 0 Å². The second kappa shape index (κ2) is 5.35. The van der Waals surface area contributed by atoms with Crippen LogP contribution < -0.4 is 5.32 Å². The van der Waals surface area contributed by atoms with Crippen LogP contribution in [0.3, 0.4) is 0 Å². The summed E-state index contributed by atoms with van der Waals surface area (Å²) in [6.07, 6.45) is 2.19. The van der Waals surface area contributed by atoms with Crippen LogP contribution in [-0.4, -0.2) is 16.0 Å². The summed E-state index contributed by atoms with van der Waals surface area (Å²) in [5, 5.41) is 7.94. The van der Waals surface area contributed by atoms with Crippen molar-refractivity contribution in [1.29, 1.82) is 0 Å². The van der Waals surface area contributed by atoms with Crippen molar-refractivity contribution in [3.05, 3.63) is 52.3 Å². The van der Waals surface area contributed by atoms with Crippen LogP contribution in [0.4, 0.5) is 5.69 Å². The molecule has 0 unspecified atom stereocenters. The molecule has 0 atom stereocenters. The second-order valence-electron chi connectivity index (χ2n) is 5.75. The van der Waals surface area contributed by atoms with Crippen LogP contribution in [0.5, 0.6) is 0 Å². The fourth-order valence-electron chi connectivity index (χ4n) is 2.63. The number of amides is 1. The Bertz CT molecular complexity index is 915. The number of nitrogens with one attached hydrogen (secondary N) is 1. The maximum atomic E-state index is 12.8. The Morgan fingerprint density at radius 2 is 2.13 bits per heavy atom. The SMILES string of the molecule is Cc1noc2nc(C3CC3)cc(C(=O)Nc3ccccc3Cl)c12. The van der Waals surface area contributed by atoms with Gasteiger partial charge in [-0.1, -0.05) is 28.9 Å². The summed E-state index contributed by atoms with van der Waals surface area (Å²) in [4.78, 5) is 17.2. The van der Waals surface area contributed by atoms with Gasteiger partial charge in [0.2, 0.25) is 0 Å². The minimum Gasteiger partial charge on any atom is -0.336 e. The summed E-state index contributed by atoms with van der Waals surface area (Å²) >= 11 is 6.12. The van der Waals surface area contributed by atoms with Crippen LogP contribution in [-0.2, 0) is 0 Å². The Morgan fingerprint density at radius 3 is 2.87 bits per heavy atom. The minimum absolute atomic E-state index is 0.237. The van der Waals surface area contributed by atoms with Crippen LogP contribution >= 0.6 is 11.6 Å². The number of fused-ring (bicyclic) bond motifs is 1. The molecule has 3 aromatic rings. The number of halogens is 1. The molecule has 1 saturated carbocycles. The summed E-state index contributed by atoms with van der Waals surface area (Å²) in [7, 11) is 0. The lowest BCUT2D eigenvalue weighted by molar-refractivity contribution is 0.102. The first kappa shape index (κ1) is 14.2. The number of hydrogen-bond acceptors (Lipinski definition) is 4. The average Bonchev–Trinajstić information content (AvgIpc) is 3.33. The molecule has 116 valence electrons. The van der Waals surface area contributed by atoms with Crippen molar-refractivity contribution < 1.29 is 9.32 Å². The lowest BCUT2D eigenvalue weighted by atomic mass is 10.1. The van der Waals surface area contributed by atoms with Gasteiger partial charge in [-0.25, -0.2) is 4.98 Å². The number of carbonyl (C=O) groups is 1. The highest BCUT2D eigenvalue weighted by molar-refractivity contribution is 6.34.